The highest BCUT2D eigenvalue weighted by Gasteiger charge is 2.37. The molecule has 0 aromatic heterocycles. The van der Waals surface area contributed by atoms with Crippen molar-refractivity contribution in [2.75, 3.05) is 18.6 Å². The molecule has 1 aromatic carbocycles. The number of hydrogen-bond acceptors (Lipinski definition) is 3. The van der Waals surface area contributed by atoms with E-state index in [1.165, 1.54) is 12.1 Å². The number of halogens is 1. The Balaban J connectivity index is 2.19. The predicted octanol–water partition coefficient (Wildman–Crippen LogP) is 2.64. The lowest BCUT2D eigenvalue weighted by Crippen LogP contribution is -2.35. The second kappa shape index (κ2) is 6.59. The lowest BCUT2D eigenvalue weighted by molar-refractivity contribution is -0.130. The zero-order valence-corrected chi connectivity index (χ0v) is 12.9. The van der Waals surface area contributed by atoms with Gasteiger partial charge in [0.05, 0.1) is 6.04 Å². The van der Waals surface area contributed by atoms with Crippen LogP contribution in [0.25, 0.3) is 0 Å². The Morgan fingerprint density at radius 2 is 2.25 bits per heavy atom. The molecule has 0 radical (unpaired) electrons. The van der Waals surface area contributed by atoms with Crippen molar-refractivity contribution >= 4 is 17.7 Å². The van der Waals surface area contributed by atoms with Gasteiger partial charge in [-0.05, 0) is 42.5 Å². The lowest BCUT2D eigenvalue weighted by Gasteiger charge is -2.27. The highest BCUT2D eigenvalue weighted by atomic mass is 32.2. The zero-order valence-electron chi connectivity index (χ0n) is 12.1. The molecule has 1 amide bonds. The number of nitrogens with one attached hydrogen (secondary N) is 1. The van der Waals surface area contributed by atoms with Crippen LogP contribution < -0.4 is 5.32 Å². The van der Waals surface area contributed by atoms with Crippen LogP contribution in [0.15, 0.2) is 24.3 Å². The molecule has 1 saturated heterocycles. The van der Waals surface area contributed by atoms with Gasteiger partial charge in [0.2, 0.25) is 5.91 Å². The Morgan fingerprint density at radius 3 is 2.90 bits per heavy atom. The van der Waals surface area contributed by atoms with Crippen LogP contribution in [-0.4, -0.2) is 35.4 Å². The van der Waals surface area contributed by atoms with E-state index in [0.717, 1.165) is 11.3 Å². The van der Waals surface area contributed by atoms with Crippen molar-refractivity contribution in [1.82, 2.24) is 10.2 Å². The fourth-order valence-corrected chi connectivity index (χ4v) is 3.27. The Labute approximate surface area is 123 Å². The van der Waals surface area contributed by atoms with Crippen LogP contribution in [0.3, 0.4) is 0 Å². The first-order valence-corrected chi connectivity index (χ1v) is 8.23. The van der Waals surface area contributed by atoms with Gasteiger partial charge in [0.1, 0.15) is 12.0 Å². The third-order valence-electron chi connectivity index (χ3n) is 3.50. The second-order valence-corrected chi connectivity index (χ2v) is 6.31. The van der Waals surface area contributed by atoms with Crippen molar-refractivity contribution in [3.05, 3.63) is 35.6 Å². The minimum Gasteiger partial charge on any atom is -0.321 e. The van der Waals surface area contributed by atoms with Crippen molar-refractivity contribution in [2.24, 2.45) is 5.92 Å². The molecule has 1 heterocycles. The summed E-state index contributed by atoms with van der Waals surface area (Å²) in [5.41, 5.74) is 0.805. The summed E-state index contributed by atoms with van der Waals surface area (Å²) in [7, 11) is 0. The lowest BCUT2D eigenvalue weighted by atomic mass is 10.1. The second-order valence-electron chi connectivity index (χ2n) is 5.40. The van der Waals surface area contributed by atoms with Gasteiger partial charge in [-0.15, -0.1) is 0 Å². The molecule has 3 nitrogen and oxygen atoms in total. The van der Waals surface area contributed by atoms with Crippen molar-refractivity contribution in [1.29, 1.82) is 0 Å². The first kappa shape index (κ1) is 15.3. The fraction of sp³-hybridized carbons (Fsp3) is 0.533. The van der Waals surface area contributed by atoms with Gasteiger partial charge in [-0.3, -0.25) is 10.1 Å². The van der Waals surface area contributed by atoms with Gasteiger partial charge in [0.25, 0.3) is 0 Å². The van der Waals surface area contributed by atoms with Crippen LogP contribution in [0.2, 0.25) is 0 Å². The van der Waals surface area contributed by atoms with Crippen molar-refractivity contribution in [3.63, 3.8) is 0 Å². The molecule has 0 spiro atoms. The maximum absolute atomic E-state index is 13.4. The summed E-state index contributed by atoms with van der Waals surface area (Å²) < 4.78 is 13.4. The third kappa shape index (κ3) is 3.33. The van der Waals surface area contributed by atoms with E-state index in [2.05, 4.69) is 18.5 Å². The SMILES string of the molecule is CSCC(C)CN1C(=O)C(C)NC1c1cccc(F)c1. The first-order chi connectivity index (χ1) is 9.52. The Kier molecular flexibility index (Phi) is 5.05. The number of hydrogen-bond donors (Lipinski definition) is 1. The molecule has 3 unspecified atom stereocenters. The molecule has 0 bridgehead atoms. The summed E-state index contributed by atoms with van der Waals surface area (Å²) in [6.07, 6.45) is 1.84. The van der Waals surface area contributed by atoms with Crippen LogP contribution in [0.1, 0.15) is 25.6 Å². The van der Waals surface area contributed by atoms with E-state index < -0.39 is 0 Å². The van der Waals surface area contributed by atoms with Crippen molar-refractivity contribution in [2.45, 2.75) is 26.1 Å². The van der Waals surface area contributed by atoms with Crippen molar-refractivity contribution in [3.8, 4) is 0 Å². The van der Waals surface area contributed by atoms with Crippen LogP contribution >= 0.6 is 11.8 Å². The van der Waals surface area contributed by atoms with Gasteiger partial charge in [-0.25, -0.2) is 4.39 Å². The molecule has 20 heavy (non-hydrogen) atoms. The Morgan fingerprint density at radius 1 is 1.50 bits per heavy atom. The largest absolute Gasteiger partial charge is 0.321 e. The number of nitrogens with zero attached hydrogens (tertiary/aromatic N) is 1. The predicted molar refractivity (Wildman–Crippen MR) is 81.0 cm³/mol. The molecular formula is C15H21FN2OS. The monoisotopic (exact) mass is 296 g/mol. The summed E-state index contributed by atoms with van der Waals surface area (Å²) in [5, 5.41) is 3.25. The third-order valence-corrected chi connectivity index (χ3v) is 4.40. The molecule has 1 aliphatic rings. The van der Waals surface area contributed by atoms with E-state index >= 15 is 0 Å². The molecule has 0 saturated carbocycles. The first-order valence-electron chi connectivity index (χ1n) is 6.84. The van der Waals surface area contributed by atoms with Crippen LogP contribution in [0, 0.1) is 11.7 Å². The maximum Gasteiger partial charge on any atom is 0.241 e. The normalized spacial score (nSPS) is 24.2. The highest BCUT2D eigenvalue weighted by Crippen LogP contribution is 2.27. The minimum atomic E-state index is -0.270. The summed E-state index contributed by atoms with van der Waals surface area (Å²) in [4.78, 5) is 14.1. The van der Waals surface area contributed by atoms with Crippen LogP contribution in [-0.2, 0) is 4.79 Å². The molecule has 1 N–H and O–H groups in total. The Hall–Kier alpha value is -1.07. The van der Waals surface area contributed by atoms with E-state index in [1.807, 2.05) is 17.9 Å². The summed E-state index contributed by atoms with van der Waals surface area (Å²) >= 11 is 1.78. The number of rotatable bonds is 5. The van der Waals surface area contributed by atoms with Crippen LogP contribution in [0.4, 0.5) is 4.39 Å². The average molecular weight is 296 g/mol. The van der Waals surface area contributed by atoms with Gasteiger partial charge >= 0.3 is 0 Å². The standard InChI is InChI=1S/C15H21FN2OS/c1-10(9-20-3)8-18-14(17-11(2)15(18)19)12-5-4-6-13(16)7-12/h4-7,10-11,14,17H,8-9H2,1-3H3. The molecule has 5 heteroatoms. The number of amides is 1. The molecule has 110 valence electrons. The summed E-state index contributed by atoms with van der Waals surface area (Å²) in [6.45, 7) is 4.68. The summed E-state index contributed by atoms with van der Waals surface area (Å²) in [5.74, 6) is 1.24. The van der Waals surface area contributed by atoms with E-state index in [-0.39, 0.29) is 23.9 Å². The van der Waals surface area contributed by atoms with Crippen molar-refractivity contribution < 1.29 is 9.18 Å². The molecule has 3 atom stereocenters. The van der Waals surface area contributed by atoms with E-state index in [4.69, 9.17) is 0 Å². The van der Waals surface area contributed by atoms with E-state index in [1.54, 1.807) is 17.8 Å². The van der Waals surface area contributed by atoms with Gasteiger partial charge in [-0.2, -0.15) is 11.8 Å². The van der Waals surface area contributed by atoms with Gasteiger partial charge in [0.15, 0.2) is 0 Å². The molecule has 1 aliphatic heterocycles. The quantitative estimate of drug-likeness (QED) is 0.906. The van der Waals surface area contributed by atoms with Gasteiger partial charge in [0, 0.05) is 6.54 Å². The average Bonchev–Trinajstić information content (AvgIpc) is 2.67. The fourth-order valence-electron chi connectivity index (χ4n) is 2.60. The van der Waals surface area contributed by atoms with Crippen LogP contribution in [0.5, 0.6) is 0 Å². The minimum absolute atomic E-state index is 0.0900. The molecule has 1 aromatic rings. The molecule has 1 fully saturated rings. The van der Waals surface area contributed by atoms with E-state index in [0.29, 0.717) is 12.5 Å². The number of thioether (sulfide) groups is 1. The van der Waals surface area contributed by atoms with Gasteiger partial charge < -0.3 is 4.90 Å². The highest BCUT2D eigenvalue weighted by molar-refractivity contribution is 7.98. The van der Waals surface area contributed by atoms with Gasteiger partial charge in [-0.1, -0.05) is 19.1 Å². The molecule has 0 aliphatic carbocycles. The topological polar surface area (TPSA) is 32.3 Å². The number of carbonyl (C=O) groups excluding carboxylic acids is 1. The number of carbonyl (C=O) groups is 1. The van der Waals surface area contributed by atoms with E-state index in [9.17, 15) is 9.18 Å². The zero-order chi connectivity index (χ0) is 14.7. The Bertz CT molecular complexity index is 483. The molecular weight excluding hydrogens is 275 g/mol. The maximum atomic E-state index is 13.4. The number of benzene rings is 1. The summed E-state index contributed by atoms with van der Waals surface area (Å²) in [6, 6.07) is 6.24. The molecule has 2 rings (SSSR count). The smallest absolute Gasteiger partial charge is 0.241 e.